The summed E-state index contributed by atoms with van der Waals surface area (Å²) in [5, 5.41) is 0. The third kappa shape index (κ3) is 3.55. The van der Waals surface area contributed by atoms with Crippen LogP contribution in [0, 0.1) is 6.92 Å². The van der Waals surface area contributed by atoms with Gasteiger partial charge in [-0.25, -0.2) is 18.1 Å². The molecule has 1 heterocycles. The summed E-state index contributed by atoms with van der Waals surface area (Å²) in [6.07, 6.45) is 1.80. The maximum atomic E-state index is 12.3. The predicted molar refractivity (Wildman–Crippen MR) is 94.0 cm³/mol. The lowest BCUT2D eigenvalue weighted by Crippen LogP contribution is -2.27. The van der Waals surface area contributed by atoms with E-state index in [0.29, 0.717) is 13.1 Å². The fourth-order valence-corrected chi connectivity index (χ4v) is 3.58. The number of aromatic nitrogens is 2. The van der Waals surface area contributed by atoms with Crippen LogP contribution in [0.25, 0.3) is 11.4 Å². The van der Waals surface area contributed by atoms with Crippen molar-refractivity contribution in [2.24, 2.45) is 0 Å². The van der Waals surface area contributed by atoms with E-state index in [1.807, 2.05) is 41.8 Å². The minimum Gasteiger partial charge on any atom is -0.327 e. The van der Waals surface area contributed by atoms with E-state index in [4.69, 9.17) is 0 Å². The number of hydrogen-bond donors (Lipinski definition) is 1. The Morgan fingerprint density at radius 1 is 1.00 bits per heavy atom. The summed E-state index contributed by atoms with van der Waals surface area (Å²) >= 11 is 0. The van der Waals surface area contributed by atoms with Crippen molar-refractivity contribution in [3.05, 3.63) is 72.6 Å². The highest BCUT2D eigenvalue weighted by Crippen LogP contribution is 2.19. The highest BCUT2D eigenvalue weighted by Gasteiger charge is 2.14. The number of rotatable bonds is 6. The molecule has 0 fully saturated rings. The third-order valence-electron chi connectivity index (χ3n) is 3.77. The number of benzene rings is 2. The monoisotopic (exact) mass is 341 g/mol. The zero-order chi connectivity index (χ0) is 17.0. The number of nitrogens with zero attached hydrogens (tertiary/aromatic N) is 2. The first-order valence-electron chi connectivity index (χ1n) is 7.70. The Balaban J connectivity index is 1.73. The largest absolute Gasteiger partial charge is 0.327 e. The van der Waals surface area contributed by atoms with E-state index < -0.39 is 10.0 Å². The number of sulfonamides is 1. The van der Waals surface area contributed by atoms with E-state index in [-0.39, 0.29) is 4.90 Å². The van der Waals surface area contributed by atoms with Crippen molar-refractivity contribution >= 4 is 10.0 Å². The normalized spacial score (nSPS) is 11.5. The molecule has 24 heavy (non-hydrogen) atoms. The highest BCUT2D eigenvalue weighted by molar-refractivity contribution is 7.89. The standard InChI is InChI=1S/C18H19N3O2S/c1-15-14-19-18(16-8-4-2-5-9-16)21(15)13-12-20-24(22,23)17-10-6-3-7-11-17/h2-11,14,20H,12-13H2,1H3. The van der Waals surface area contributed by atoms with Crippen LogP contribution in [0.4, 0.5) is 0 Å². The van der Waals surface area contributed by atoms with Gasteiger partial charge in [0.1, 0.15) is 5.82 Å². The van der Waals surface area contributed by atoms with Gasteiger partial charge in [-0.2, -0.15) is 0 Å². The van der Waals surface area contributed by atoms with Crippen molar-refractivity contribution in [2.75, 3.05) is 6.54 Å². The fraction of sp³-hybridized carbons (Fsp3) is 0.167. The van der Waals surface area contributed by atoms with Gasteiger partial charge in [0.2, 0.25) is 10.0 Å². The zero-order valence-electron chi connectivity index (χ0n) is 13.4. The molecule has 124 valence electrons. The number of imidazole rings is 1. The van der Waals surface area contributed by atoms with Gasteiger partial charge in [-0.05, 0) is 19.1 Å². The summed E-state index contributed by atoms with van der Waals surface area (Å²) in [7, 11) is -3.49. The Kier molecular flexibility index (Phi) is 4.78. The number of nitrogens with one attached hydrogen (secondary N) is 1. The molecule has 3 aromatic rings. The Labute approximate surface area is 142 Å². The Hall–Kier alpha value is -2.44. The molecule has 0 unspecified atom stereocenters. The first-order chi connectivity index (χ1) is 11.6. The van der Waals surface area contributed by atoms with E-state index >= 15 is 0 Å². The average molecular weight is 341 g/mol. The predicted octanol–water partition coefficient (Wildman–Crippen LogP) is 2.84. The molecule has 0 atom stereocenters. The lowest BCUT2D eigenvalue weighted by atomic mass is 10.2. The first-order valence-corrected chi connectivity index (χ1v) is 9.18. The first kappa shape index (κ1) is 16.4. The van der Waals surface area contributed by atoms with Gasteiger partial charge in [0.15, 0.2) is 0 Å². The average Bonchev–Trinajstić information content (AvgIpc) is 2.97. The van der Waals surface area contributed by atoms with Gasteiger partial charge < -0.3 is 4.57 Å². The Bertz CT molecular complexity index is 904. The maximum absolute atomic E-state index is 12.3. The minimum atomic E-state index is -3.49. The van der Waals surface area contributed by atoms with Crippen LogP contribution in [0.1, 0.15) is 5.69 Å². The number of aryl methyl sites for hydroxylation is 1. The lowest BCUT2D eigenvalue weighted by molar-refractivity contribution is 0.572. The summed E-state index contributed by atoms with van der Waals surface area (Å²) in [6, 6.07) is 18.2. The fourth-order valence-electron chi connectivity index (χ4n) is 2.54. The molecule has 0 amide bonds. The van der Waals surface area contributed by atoms with Crippen LogP contribution in [-0.2, 0) is 16.6 Å². The molecule has 1 N–H and O–H groups in total. The van der Waals surface area contributed by atoms with Crippen LogP contribution in [-0.4, -0.2) is 24.5 Å². The van der Waals surface area contributed by atoms with Crippen LogP contribution in [0.3, 0.4) is 0 Å². The Morgan fingerprint density at radius 3 is 2.29 bits per heavy atom. The topological polar surface area (TPSA) is 64.0 Å². The molecule has 0 aliphatic heterocycles. The molecule has 6 heteroatoms. The molecular weight excluding hydrogens is 322 g/mol. The molecule has 0 aliphatic carbocycles. The molecular formula is C18H19N3O2S. The van der Waals surface area contributed by atoms with Gasteiger partial charge in [-0.15, -0.1) is 0 Å². The molecule has 0 radical (unpaired) electrons. The molecule has 0 saturated carbocycles. The quantitative estimate of drug-likeness (QED) is 0.750. The zero-order valence-corrected chi connectivity index (χ0v) is 14.2. The molecule has 0 saturated heterocycles. The molecule has 3 rings (SSSR count). The molecule has 1 aromatic heterocycles. The third-order valence-corrected chi connectivity index (χ3v) is 5.25. The second-order valence-electron chi connectivity index (χ2n) is 5.45. The Morgan fingerprint density at radius 2 is 1.62 bits per heavy atom. The summed E-state index contributed by atoms with van der Waals surface area (Å²) in [6.45, 7) is 2.78. The number of hydrogen-bond acceptors (Lipinski definition) is 3. The van der Waals surface area contributed by atoms with Crippen molar-refractivity contribution in [1.82, 2.24) is 14.3 Å². The van der Waals surface area contributed by atoms with E-state index in [0.717, 1.165) is 17.1 Å². The maximum Gasteiger partial charge on any atom is 0.240 e. The van der Waals surface area contributed by atoms with Crippen LogP contribution in [0.15, 0.2) is 71.8 Å². The van der Waals surface area contributed by atoms with Gasteiger partial charge in [0, 0.05) is 30.5 Å². The van der Waals surface area contributed by atoms with Crippen molar-refractivity contribution in [1.29, 1.82) is 0 Å². The molecule has 0 bridgehead atoms. The van der Waals surface area contributed by atoms with Crippen LogP contribution in [0.5, 0.6) is 0 Å². The lowest BCUT2D eigenvalue weighted by Gasteiger charge is -2.11. The van der Waals surface area contributed by atoms with E-state index in [2.05, 4.69) is 9.71 Å². The summed E-state index contributed by atoms with van der Waals surface area (Å²) < 4.78 is 29.2. The molecule has 0 spiro atoms. The smallest absolute Gasteiger partial charge is 0.240 e. The van der Waals surface area contributed by atoms with Crippen LogP contribution >= 0.6 is 0 Å². The van der Waals surface area contributed by atoms with Crippen LogP contribution < -0.4 is 4.72 Å². The summed E-state index contributed by atoms with van der Waals surface area (Å²) in [5.41, 5.74) is 2.00. The van der Waals surface area contributed by atoms with Gasteiger partial charge in [0.25, 0.3) is 0 Å². The van der Waals surface area contributed by atoms with Crippen molar-refractivity contribution < 1.29 is 8.42 Å². The van der Waals surface area contributed by atoms with E-state index in [9.17, 15) is 8.42 Å². The summed E-state index contributed by atoms with van der Waals surface area (Å²) in [5.74, 6) is 0.840. The van der Waals surface area contributed by atoms with Crippen molar-refractivity contribution in [3.8, 4) is 11.4 Å². The van der Waals surface area contributed by atoms with Gasteiger partial charge in [-0.3, -0.25) is 0 Å². The van der Waals surface area contributed by atoms with Gasteiger partial charge in [0.05, 0.1) is 4.90 Å². The highest BCUT2D eigenvalue weighted by atomic mass is 32.2. The molecule has 2 aromatic carbocycles. The minimum absolute atomic E-state index is 0.274. The van der Waals surface area contributed by atoms with Gasteiger partial charge in [-0.1, -0.05) is 48.5 Å². The van der Waals surface area contributed by atoms with Gasteiger partial charge >= 0.3 is 0 Å². The van der Waals surface area contributed by atoms with Crippen molar-refractivity contribution in [3.63, 3.8) is 0 Å². The molecule has 5 nitrogen and oxygen atoms in total. The SMILES string of the molecule is Cc1cnc(-c2ccccc2)n1CCNS(=O)(=O)c1ccccc1. The summed E-state index contributed by atoms with van der Waals surface area (Å²) in [4.78, 5) is 4.72. The molecule has 0 aliphatic rings. The second kappa shape index (κ2) is 6.98. The van der Waals surface area contributed by atoms with Crippen LogP contribution in [0.2, 0.25) is 0 Å². The van der Waals surface area contributed by atoms with Crippen molar-refractivity contribution in [2.45, 2.75) is 18.4 Å². The second-order valence-corrected chi connectivity index (χ2v) is 7.22. The van der Waals surface area contributed by atoms with E-state index in [1.54, 1.807) is 36.5 Å². The van der Waals surface area contributed by atoms with E-state index in [1.165, 1.54) is 0 Å².